The van der Waals surface area contributed by atoms with Crippen LogP contribution in [0.5, 0.6) is 0 Å². The van der Waals surface area contributed by atoms with Crippen molar-refractivity contribution in [3.8, 4) is 0 Å². The van der Waals surface area contributed by atoms with E-state index in [4.69, 9.17) is 0 Å². The molecule has 0 aliphatic heterocycles. The number of aliphatic carboxylic acids is 1. The van der Waals surface area contributed by atoms with Gasteiger partial charge in [-0.05, 0) is 37.8 Å². The molecule has 0 bridgehead atoms. The van der Waals surface area contributed by atoms with Gasteiger partial charge >= 0.3 is 5.97 Å². The SMILES string of the molecule is CCc1nsc(SC2CCC(NC)(C(=O)O)C2)n1. The minimum Gasteiger partial charge on any atom is -0.480 e. The number of nitrogens with zero attached hydrogens (tertiary/aromatic N) is 2. The van der Waals surface area contributed by atoms with Crippen LogP contribution in [0.15, 0.2) is 4.34 Å². The Hall–Kier alpha value is -0.660. The quantitative estimate of drug-likeness (QED) is 0.860. The van der Waals surface area contributed by atoms with Gasteiger partial charge in [-0.2, -0.15) is 4.37 Å². The van der Waals surface area contributed by atoms with Crippen LogP contribution < -0.4 is 5.32 Å². The number of carbonyl (C=O) groups is 1. The number of hydrogen-bond acceptors (Lipinski definition) is 6. The average Bonchev–Trinajstić information content (AvgIpc) is 2.97. The number of rotatable bonds is 5. The Labute approximate surface area is 115 Å². The highest BCUT2D eigenvalue weighted by Gasteiger charge is 2.44. The van der Waals surface area contributed by atoms with Gasteiger partial charge in [0.15, 0.2) is 4.34 Å². The van der Waals surface area contributed by atoms with E-state index in [0.29, 0.717) is 18.1 Å². The van der Waals surface area contributed by atoms with Gasteiger partial charge in [0.2, 0.25) is 0 Å². The number of likely N-dealkylation sites (N-methyl/N-ethyl adjacent to an activating group) is 1. The topological polar surface area (TPSA) is 75.1 Å². The number of carboxylic acid groups (broad SMARTS) is 1. The minimum atomic E-state index is -0.754. The number of hydrogen-bond donors (Lipinski definition) is 2. The van der Waals surface area contributed by atoms with E-state index in [9.17, 15) is 9.90 Å². The largest absolute Gasteiger partial charge is 0.480 e. The molecule has 2 atom stereocenters. The molecule has 18 heavy (non-hydrogen) atoms. The van der Waals surface area contributed by atoms with Crippen LogP contribution in [-0.2, 0) is 11.2 Å². The van der Waals surface area contributed by atoms with Gasteiger partial charge in [0.25, 0.3) is 0 Å². The lowest BCUT2D eigenvalue weighted by molar-refractivity contribution is -0.144. The molecule has 100 valence electrons. The van der Waals surface area contributed by atoms with Gasteiger partial charge in [0.1, 0.15) is 11.4 Å². The molecule has 1 aromatic heterocycles. The van der Waals surface area contributed by atoms with Crippen LogP contribution >= 0.6 is 23.3 Å². The summed E-state index contributed by atoms with van der Waals surface area (Å²) >= 11 is 3.08. The molecule has 0 amide bonds. The van der Waals surface area contributed by atoms with Crippen molar-refractivity contribution >= 4 is 29.3 Å². The highest BCUT2D eigenvalue weighted by Crippen LogP contribution is 2.40. The lowest BCUT2D eigenvalue weighted by Gasteiger charge is -2.23. The van der Waals surface area contributed by atoms with Gasteiger partial charge in [-0.15, -0.1) is 0 Å². The molecule has 0 saturated heterocycles. The van der Waals surface area contributed by atoms with Crippen LogP contribution in [0, 0.1) is 0 Å². The van der Waals surface area contributed by atoms with E-state index in [-0.39, 0.29) is 0 Å². The number of nitrogens with one attached hydrogen (secondary N) is 1. The Morgan fingerprint density at radius 2 is 2.50 bits per heavy atom. The zero-order valence-electron chi connectivity index (χ0n) is 10.5. The van der Waals surface area contributed by atoms with E-state index in [2.05, 4.69) is 14.7 Å². The first-order valence-electron chi connectivity index (χ1n) is 6.01. The van der Waals surface area contributed by atoms with Gasteiger partial charge in [-0.3, -0.25) is 4.79 Å². The van der Waals surface area contributed by atoms with E-state index in [1.165, 1.54) is 11.5 Å². The first-order chi connectivity index (χ1) is 8.59. The second-order valence-corrected chi connectivity index (χ2v) is 6.75. The van der Waals surface area contributed by atoms with Crippen molar-refractivity contribution in [3.63, 3.8) is 0 Å². The highest BCUT2D eigenvalue weighted by atomic mass is 32.2. The van der Waals surface area contributed by atoms with Crippen LogP contribution in [0.25, 0.3) is 0 Å². The second kappa shape index (κ2) is 5.54. The molecule has 7 heteroatoms. The highest BCUT2D eigenvalue weighted by molar-refractivity contribution is 8.01. The zero-order chi connectivity index (χ0) is 13.2. The maximum Gasteiger partial charge on any atom is 0.323 e. The molecule has 1 aromatic rings. The maximum atomic E-state index is 11.3. The van der Waals surface area contributed by atoms with Gasteiger partial charge in [0.05, 0.1) is 0 Å². The summed E-state index contributed by atoms with van der Waals surface area (Å²) in [6.07, 6.45) is 3.07. The fourth-order valence-corrected chi connectivity index (χ4v) is 4.44. The molecule has 2 unspecified atom stereocenters. The number of thioether (sulfide) groups is 1. The number of aromatic nitrogens is 2. The van der Waals surface area contributed by atoms with Gasteiger partial charge in [0, 0.05) is 11.7 Å². The van der Waals surface area contributed by atoms with Crippen LogP contribution in [-0.4, -0.2) is 38.3 Å². The molecule has 1 saturated carbocycles. The second-order valence-electron chi connectivity index (χ2n) is 4.45. The van der Waals surface area contributed by atoms with E-state index in [1.54, 1.807) is 18.8 Å². The summed E-state index contributed by atoms with van der Waals surface area (Å²) in [7, 11) is 1.72. The monoisotopic (exact) mass is 287 g/mol. The molecule has 1 fully saturated rings. The van der Waals surface area contributed by atoms with E-state index in [1.807, 2.05) is 6.92 Å². The predicted octanol–water partition coefficient (Wildman–Crippen LogP) is 1.79. The van der Waals surface area contributed by atoms with Crippen LogP contribution in [0.4, 0.5) is 0 Å². The summed E-state index contributed by atoms with van der Waals surface area (Å²) in [6, 6.07) is 0. The fourth-order valence-electron chi connectivity index (χ4n) is 2.20. The molecule has 5 nitrogen and oxygen atoms in total. The first kappa shape index (κ1) is 13.8. The average molecular weight is 287 g/mol. The molecule has 1 aliphatic rings. The van der Waals surface area contributed by atoms with Crippen molar-refractivity contribution in [2.24, 2.45) is 0 Å². The number of carboxylic acids is 1. The predicted molar refractivity (Wildman–Crippen MR) is 72.2 cm³/mol. The van der Waals surface area contributed by atoms with Crippen molar-refractivity contribution in [2.75, 3.05) is 7.05 Å². The standard InChI is InChI=1S/C11H17N3O2S2/c1-3-8-13-10(18-14-8)17-7-4-5-11(6-7,12-2)9(15)16/h7,12H,3-6H2,1-2H3,(H,15,16). The summed E-state index contributed by atoms with van der Waals surface area (Å²) in [5.74, 6) is 0.123. The Morgan fingerprint density at radius 3 is 3.00 bits per heavy atom. The third-order valence-electron chi connectivity index (χ3n) is 3.39. The molecule has 1 heterocycles. The van der Waals surface area contributed by atoms with Gasteiger partial charge in [-0.25, -0.2) is 4.98 Å². The molecule has 2 rings (SSSR count). The Morgan fingerprint density at radius 1 is 1.72 bits per heavy atom. The fraction of sp³-hybridized carbons (Fsp3) is 0.727. The third kappa shape index (κ3) is 2.67. The molecule has 0 aromatic carbocycles. The summed E-state index contributed by atoms with van der Waals surface area (Å²) in [5, 5.41) is 12.6. The Bertz CT molecular complexity index is 438. The van der Waals surface area contributed by atoms with Crippen molar-refractivity contribution in [1.82, 2.24) is 14.7 Å². The molecule has 0 spiro atoms. The van der Waals surface area contributed by atoms with Crippen molar-refractivity contribution in [3.05, 3.63) is 5.82 Å². The summed E-state index contributed by atoms with van der Waals surface area (Å²) < 4.78 is 5.20. The lowest BCUT2D eigenvalue weighted by atomic mass is 9.99. The summed E-state index contributed by atoms with van der Waals surface area (Å²) in [5.41, 5.74) is -0.754. The van der Waals surface area contributed by atoms with Crippen LogP contribution in [0.1, 0.15) is 32.0 Å². The van der Waals surface area contributed by atoms with Gasteiger partial charge < -0.3 is 10.4 Å². The lowest BCUT2D eigenvalue weighted by Crippen LogP contribution is -2.48. The third-order valence-corrected chi connectivity index (χ3v) is 5.48. The van der Waals surface area contributed by atoms with Crippen molar-refractivity contribution < 1.29 is 9.90 Å². The molecule has 2 N–H and O–H groups in total. The van der Waals surface area contributed by atoms with Crippen molar-refractivity contribution in [1.29, 1.82) is 0 Å². The van der Waals surface area contributed by atoms with Crippen LogP contribution in [0.2, 0.25) is 0 Å². The summed E-state index contributed by atoms with van der Waals surface area (Å²) in [6.45, 7) is 2.03. The molecular formula is C11H17N3O2S2. The Balaban J connectivity index is 1.98. The summed E-state index contributed by atoms with van der Waals surface area (Å²) in [4.78, 5) is 15.7. The molecular weight excluding hydrogens is 270 g/mol. The van der Waals surface area contributed by atoms with E-state index in [0.717, 1.165) is 23.0 Å². The maximum absolute atomic E-state index is 11.3. The molecule has 1 aliphatic carbocycles. The molecule has 0 radical (unpaired) electrons. The van der Waals surface area contributed by atoms with Crippen LogP contribution in [0.3, 0.4) is 0 Å². The first-order valence-corrected chi connectivity index (χ1v) is 7.66. The van der Waals surface area contributed by atoms with E-state index >= 15 is 0 Å². The van der Waals surface area contributed by atoms with E-state index < -0.39 is 11.5 Å². The zero-order valence-corrected chi connectivity index (χ0v) is 12.1. The Kier molecular flexibility index (Phi) is 4.24. The van der Waals surface area contributed by atoms with Gasteiger partial charge in [-0.1, -0.05) is 18.7 Å². The smallest absolute Gasteiger partial charge is 0.323 e. The normalized spacial score (nSPS) is 27.6. The minimum absolute atomic E-state index is 0.311. The van der Waals surface area contributed by atoms with Crippen molar-refractivity contribution in [2.45, 2.75) is 47.7 Å². The number of aryl methyl sites for hydroxylation is 1.